The third-order valence-electron chi connectivity index (χ3n) is 4.17. The molecule has 2 heterocycles. The molecule has 0 spiro atoms. The SMILES string of the molecule is COc1ccc(N2C(=O)C(Sc3ccccc3)=C(c3cccs3)C2=O)cc1Cl. The van der Waals surface area contributed by atoms with Gasteiger partial charge in [0.15, 0.2) is 0 Å². The van der Waals surface area contributed by atoms with Crippen LogP contribution >= 0.6 is 34.7 Å². The van der Waals surface area contributed by atoms with Crippen LogP contribution in [0.5, 0.6) is 5.75 Å². The zero-order valence-corrected chi connectivity index (χ0v) is 17.1. The molecule has 1 aliphatic heterocycles. The number of ether oxygens (including phenoxy) is 1. The fourth-order valence-corrected chi connectivity index (χ4v) is 4.97. The number of hydrogen-bond acceptors (Lipinski definition) is 5. The first-order valence-electron chi connectivity index (χ1n) is 8.33. The Balaban J connectivity index is 1.78. The van der Waals surface area contributed by atoms with E-state index in [2.05, 4.69) is 0 Å². The van der Waals surface area contributed by atoms with Gasteiger partial charge in [-0.2, -0.15) is 0 Å². The highest BCUT2D eigenvalue weighted by Crippen LogP contribution is 2.43. The van der Waals surface area contributed by atoms with E-state index in [0.717, 1.165) is 9.77 Å². The van der Waals surface area contributed by atoms with Gasteiger partial charge in [-0.1, -0.05) is 47.6 Å². The fraction of sp³-hybridized carbons (Fsp3) is 0.0476. The molecule has 28 heavy (non-hydrogen) atoms. The summed E-state index contributed by atoms with van der Waals surface area (Å²) >= 11 is 8.94. The van der Waals surface area contributed by atoms with Crippen LogP contribution in [0.2, 0.25) is 5.02 Å². The standard InChI is InChI=1S/C21H14ClNO3S2/c1-26-16-10-9-13(12-15(16)22)23-20(24)18(17-8-5-11-27-17)19(21(23)25)28-14-6-3-2-4-7-14/h2-12H,1H3. The first-order valence-corrected chi connectivity index (χ1v) is 10.4. The van der Waals surface area contributed by atoms with Crippen LogP contribution in [0.25, 0.3) is 5.57 Å². The van der Waals surface area contributed by atoms with Gasteiger partial charge in [-0.25, -0.2) is 4.90 Å². The van der Waals surface area contributed by atoms with E-state index < -0.39 is 0 Å². The van der Waals surface area contributed by atoms with Gasteiger partial charge in [0, 0.05) is 9.77 Å². The minimum Gasteiger partial charge on any atom is -0.495 e. The molecule has 4 rings (SSSR count). The number of carbonyl (C=O) groups excluding carboxylic acids is 2. The monoisotopic (exact) mass is 427 g/mol. The molecular formula is C21H14ClNO3S2. The van der Waals surface area contributed by atoms with E-state index >= 15 is 0 Å². The third-order valence-corrected chi connectivity index (χ3v) is 6.44. The Kier molecular flexibility index (Phi) is 5.26. The number of rotatable bonds is 5. The van der Waals surface area contributed by atoms with E-state index in [9.17, 15) is 9.59 Å². The molecular weight excluding hydrogens is 414 g/mol. The van der Waals surface area contributed by atoms with Crippen molar-refractivity contribution in [1.29, 1.82) is 0 Å². The maximum absolute atomic E-state index is 13.2. The van der Waals surface area contributed by atoms with E-state index in [1.807, 2.05) is 47.8 Å². The Morgan fingerprint density at radius 1 is 1.00 bits per heavy atom. The van der Waals surface area contributed by atoms with Crippen LogP contribution in [-0.2, 0) is 9.59 Å². The van der Waals surface area contributed by atoms with Crippen LogP contribution < -0.4 is 9.64 Å². The topological polar surface area (TPSA) is 46.6 Å². The minimum absolute atomic E-state index is 0.336. The summed E-state index contributed by atoms with van der Waals surface area (Å²) in [6.45, 7) is 0. The molecule has 0 saturated carbocycles. The molecule has 0 N–H and O–H groups in total. The van der Waals surface area contributed by atoms with Crippen molar-refractivity contribution in [2.45, 2.75) is 4.90 Å². The average Bonchev–Trinajstić information content (AvgIpc) is 3.30. The maximum Gasteiger partial charge on any atom is 0.272 e. The molecule has 0 saturated heterocycles. The van der Waals surface area contributed by atoms with Gasteiger partial charge in [0.05, 0.1) is 28.3 Å². The molecule has 0 atom stereocenters. The zero-order chi connectivity index (χ0) is 19.7. The van der Waals surface area contributed by atoms with Gasteiger partial charge in [0.2, 0.25) is 0 Å². The van der Waals surface area contributed by atoms with Gasteiger partial charge in [-0.15, -0.1) is 11.3 Å². The summed E-state index contributed by atoms with van der Waals surface area (Å²) in [5.74, 6) is -0.231. The minimum atomic E-state index is -0.358. The van der Waals surface area contributed by atoms with Gasteiger partial charge < -0.3 is 4.74 Å². The molecule has 140 valence electrons. The van der Waals surface area contributed by atoms with E-state index in [0.29, 0.717) is 26.9 Å². The second-order valence-electron chi connectivity index (χ2n) is 5.86. The smallest absolute Gasteiger partial charge is 0.272 e. The molecule has 0 bridgehead atoms. The first-order chi connectivity index (χ1) is 13.6. The number of nitrogens with zero attached hydrogens (tertiary/aromatic N) is 1. The Morgan fingerprint density at radius 3 is 2.43 bits per heavy atom. The van der Waals surface area contributed by atoms with E-state index in [1.54, 1.807) is 18.2 Å². The lowest BCUT2D eigenvalue weighted by Crippen LogP contribution is -2.31. The number of benzene rings is 2. The number of methoxy groups -OCH3 is 1. The number of thioether (sulfide) groups is 1. The highest BCUT2D eigenvalue weighted by atomic mass is 35.5. The number of thiophene rings is 1. The number of hydrogen-bond donors (Lipinski definition) is 0. The third kappa shape index (κ3) is 3.35. The van der Waals surface area contributed by atoms with Crippen molar-refractivity contribution in [3.63, 3.8) is 0 Å². The maximum atomic E-state index is 13.2. The van der Waals surface area contributed by atoms with E-state index in [1.165, 1.54) is 35.1 Å². The molecule has 2 amide bonds. The zero-order valence-electron chi connectivity index (χ0n) is 14.7. The quantitative estimate of drug-likeness (QED) is 0.505. The van der Waals surface area contributed by atoms with Crippen molar-refractivity contribution in [3.8, 4) is 5.75 Å². The Bertz CT molecular complexity index is 1080. The first kappa shape index (κ1) is 18.8. The summed E-state index contributed by atoms with van der Waals surface area (Å²) in [5, 5.41) is 2.22. The number of imide groups is 1. The van der Waals surface area contributed by atoms with Gasteiger partial charge in [0.1, 0.15) is 5.75 Å². The summed E-state index contributed by atoms with van der Waals surface area (Å²) in [5.41, 5.74) is 0.833. The number of amides is 2. The lowest BCUT2D eigenvalue weighted by molar-refractivity contribution is -0.119. The molecule has 2 aromatic carbocycles. The normalized spacial score (nSPS) is 14.1. The fourth-order valence-electron chi connectivity index (χ4n) is 2.88. The lowest BCUT2D eigenvalue weighted by atomic mass is 10.2. The number of anilines is 1. The number of carbonyl (C=O) groups is 2. The highest BCUT2D eigenvalue weighted by Gasteiger charge is 2.41. The molecule has 7 heteroatoms. The average molecular weight is 428 g/mol. The van der Waals surface area contributed by atoms with Crippen molar-refractivity contribution in [2.75, 3.05) is 12.0 Å². The van der Waals surface area contributed by atoms with Gasteiger partial charge in [-0.3, -0.25) is 9.59 Å². The molecule has 0 aliphatic carbocycles. The van der Waals surface area contributed by atoms with Crippen LogP contribution in [-0.4, -0.2) is 18.9 Å². The van der Waals surface area contributed by atoms with Gasteiger partial charge in [-0.05, 0) is 41.8 Å². The van der Waals surface area contributed by atoms with Crippen molar-refractivity contribution >= 4 is 57.8 Å². The van der Waals surface area contributed by atoms with Crippen LogP contribution in [0.4, 0.5) is 5.69 Å². The summed E-state index contributed by atoms with van der Waals surface area (Å²) in [6.07, 6.45) is 0. The molecule has 1 aromatic heterocycles. The van der Waals surface area contributed by atoms with Crippen molar-refractivity contribution in [3.05, 3.63) is 80.8 Å². The molecule has 0 radical (unpaired) electrons. The molecule has 1 aliphatic rings. The van der Waals surface area contributed by atoms with Crippen LogP contribution in [0.15, 0.2) is 75.8 Å². The van der Waals surface area contributed by atoms with E-state index in [-0.39, 0.29) is 11.8 Å². The van der Waals surface area contributed by atoms with Crippen molar-refractivity contribution in [2.24, 2.45) is 0 Å². The summed E-state index contributed by atoms with van der Waals surface area (Å²) in [4.78, 5) is 29.7. The van der Waals surface area contributed by atoms with Crippen molar-refractivity contribution < 1.29 is 14.3 Å². The molecule has 4 nitrogen and oxygen atoms in total. The lowest BCUT2D eigenvalue weighted by Gasteiger charge is -2.16. The summed E-state index contributed by atoms with van der Waals surface area (Å²) in [6, 6.07) is 18.1. The van der Waals surface area contributed by atoms with Gasteiger partial charge >= 0.3 is 0 Å². The largest absolute Gasteiger partial charge is 0.495 e. The Hall–Kier alpha value is -2.54. The summed E-state index contributed by atoms with van der Waals surface area (Å²) in [7, 11) is 1.51. The van der Waals surface area contributed by atoms with Crippen molar-refractivity contribution in [1.82, 2.24) is 0 Å². The predicted octanol–water partition coefficient (Wildman–Crippen LogP) is 5.49. The Morgan fingerprint density at radius 2 is 1.79 bits per heavy atom. The molecule has 3 aromatic rings. The highest BCUT2D eigenvalue weighted by molar-refractivity contribution is 8.04. The second-order valence-corrected chi connectivity index (χ2v) is 8.30. The summed E-state index contributed by atoms with van der Waals surface area (Å²) < 4.78 is 5.16. The van der Waals surface area contributed by atoms with Gasteiger partial charge in [0.25, 0.3) is 11.8 Å². The van der Waals surface area contributed by atoms with Crippen LogP contribution in [0.1, 0.15) is 4.88 Å². The predicted molar refractivity (Wildman–Crippen MR) is 114 cm³/mol. The van der Waals surface area contributed by atoms with Crippen LogP contribution in [0.3, 0.4) is 0 Å². The Labute approximate surface area is 175 Å². The van der Waals surface area contributed by atoms with Crippen LogP contribution in [0, 0.1) is 0 Å². The van der Waals surface area contributed by atoms with E-state index in [4.69, 9.17) is 16.3 Å². The molecule has 0 fully saturated rings. The second kappa shape index (κ2) is 7.83. The molecule has 0 unspecified atom stereocenters. The number of halogens is 1.